The van der Waals surface area contributed by atoms with E-state index in [1.165, 1.54) is 0 Å². The number of ether oxygens (including phenoxy) is 2. The molecule has 1 rings (SSSR count). The van der Waals surface area contributed by atoms with Gasteiger partial charge in [0, 0.05) is 6.61 Å². The lowest BCUT2D eigenvalue weighted by atomic mass is 10.3. The Balaban J connectivity index is 2.34. The minimum Gasteiger partial charge on any atom is -0.508 e. The Morgan fingerprint density at radius 3 is 2.50 bits per heavy atom. The van der Waals surface area contributed by atoms with E-state index in [9.17, 15) is 0 Å². The van der Waals surface area contributed by atoms with Crippen LogP contribution in [0.15, 0.2) is 24.3 Å². The minimum atomic E-state index is 0.0915. The number of benzene rings is 1. The second-order valence-electron chi connectivity index (χ2n) is 3.07. The lowest BCUT2D eigenvalue weighted by molar-refractivity contribution is 0.0402. The molecule has 0 amide bonds. The summed E-state index contributed by atoms with van der Waals surface area (Å²) in [5.41, 5.74) is 0. The molecular weight excluding hydrogens is 180 g/mol. The smallest absolute Gasteiger partial charge is 0.119 e. The third-order valence-electron chi connectivity index (χ3n) is 1.77. The van der Waals surface area contributed by atoms with Gasteiger partial charge in [-0.25, -0.2) is 0 Å². The summed E-state index contributed by atoms with van der Waals surface area (Å²) >= 11 is 0. The van der Waals surface area contributed by atoms with E-state index in [-0.39, 0.29) is 11.9 Å². The molecule has 0 aliphatic rings. The van der Waals surface area contributed by atoms with Gasteiger partial charge < -0.3 is 14.6 Å². The number of hydrogen-bond donors (Lipinski definition) is 1. The quantitative estimate of drug-likeness (QED) is 0.784. The summed E-state index contributed by atoms with van der Waals surface area (Å²) in [6.45, 7) is 5.14. The molecule has 0 aromatic heterocycles. The van der Waals surface area contributed by atoms with Crippen LogP contribution in [0.5, 0.6) is 11.5 Å². The van der Waals surface area contributed by atoms with Crippen molar-refractivity contribution in [1.82, 2.24) is 0 Å². The van der Waals surface area contributed by atoms with Gasteiger partial charge in [-0.2, -0.15) is 0 Å². The van der Waals surface area contributed by atoms with Crippen LogP contribution < -0.4 is 4.74 Å². The molecule has 1 aromatic carbocycles. The number of aromatic hydroxyl groups is 1. The third-order valence-corrected chi connectivity index (χ3v) is 1.77. The molecule has 0 heterocycles. The SMILES string of the molecule is CCOC(C)COc1ccc(O)cc1. The molecule has 0 fully saturated rings. The molecule has 78 valence electrons. The van der Waals surface area contributed by atoms with E-state index < -0.39 is 0 Å². The van der Waals surface area contributed by atoms with Crippen LogP contribution in [0, 0.1) is 0 Å². The summed E-state index contributed by atoms with van der Waals surface area (Å²) in [5.74, 6) is 0.990. The first-order valence-electron chi connectivity index (χ1n) is 4.75. The van der Waals surface area contributed by atoms with Crippen LogP contribution in [0.4, 0.5) is 0 Å². The first-order valence-corrected chi connectivity index (χ1v) is 4.75. The van der Waals surface area contributed by atoms with Crippen molar-refractivity contribution in [2.75, 3.05) is 13.2 Å². The van der Waals surface area contributed by atoms with Crippen LogP contribution in [0.2, 0.25) is 0 Å². The van der Waals surface area contributed by atoms with Crippen molar-refractivity contribution in [3.63, 3.8) is 0 Å². The van der Waals surface area contributed by atoms with E-state index >= 15 is 0 Å². The molecule has 3 heteroatoms. The van der Waals surface area contributed by atoms with Gasteiger partial charge in [0.25, 0.3) is 0 Å². The molecule has 0 spiro atoms. The molecule has 0 saturated carbocycles. The standard InChI is InChI=1S/C11H16O3/c1-3-13-9(2)8-14-11-6-4-10(12)5-7-11/h4-7,9,12H,3,8H2,1-2H3. The molecule has 0 bridgehead atoms. The normalized spacial score (nSPS) is 12.4. The second kappa shape index (κ2) is 5.50. The summed E-state index contributed by atoms with van der Waals surface area (Å²) in [4.78, 5) is 0. The van der Waals surface area contributed by atoms with E-state index in [0.29, 0.717) is 13.2 Å². The van der Waals surface area contributed by atoms with Gasteiger partial charge in [0.15, 0.2) is 0 Å². The highest BCUT2D eigenvalue weighted by atomic mass is 16.5. The molecule has 1 atom stereocenters. The maximum absolute atomic E-state index is 9.04. The molecule has 3 nitrogen and oxygen atoms in total. The average Bonchev–Trinajstić information content (AvgIpc) is 2.17. The third kappa shape index (κ3) is 3.66. The van der Waals surface area contributed by atoms with E-state index in [1.54, 1.807) is 24.3 Å². The van der Waals surface area contributed by atoms with Gasteiger partial charge in [-0.05, 0) is 38.1 Å². The van der Waals surface area contributed by atoms with Gasteiger partial charge in [-0.15, -0.1) is 0 Å². The predicted molar refractivity (Wildman–Crippen MR) is 54.7 cm³/mol. The Hall–Kier alpha value is -1.22. The van der Waals surface area contributed by atoms with E-state index in [1.807, 2.05) is 13.8 Å². The Morgan fingerprint density at radius 2 is 1.93 bits per heavy atom. The Morgan fingerprint density at radius 1 is 1.29 bits per heavy atom. The molecular formula is C11H16O3. The van der Waals surface area contributed by atoms with Gasteiger partial charge >= 0.3 is 0 Å². The van der Waals surface area contributed by atoms with Crippen LogP contribution in [0.25, 0.3) is 0 Å². The number of phenols is 1. The van der Waals surface area contributed by atoms with E-state index in [4.69, 9.17) is 14.6 Å². The fourth-order valence-electron chi connectivity index (χ4n) is 1.09. The van der Waals surface area contributed by atoms with Crippen LogP contribution in [0.3, 0.4) is 0 Å². The van der Waals surface area contributed by atoms with Crippen LogP contribution >= 0.6 is 0 Å². The molecule has 0 aliphatic carbocycles. The highest BCUT2D eigenvalue weighted by Gasteiger charge is 2.01. The van der Waals surface area contributed by atoms with Gasteiger partial charge in [0.2, 0.25) is 0 Å². The van der Waals surface area contributed by atoms with Crippen LogP contribution in [0.1, 0.15) is 13.8 Å². The average molecular weight is 196 g/mol. The summed E-state index contributed by atoms with van der Waals surface area (Å²) in [6, 6.07) is 6.66. The Labute approximate surface area is 84.3 Å². The molecule has 1 N–H and O–H groups in total. The fourth-order valence-corrected chi connectivity index (χ4v) is 1.09. The van der Waals surface area contributed by atoms with Crippen molar-refractivity contribution in [2.24, 2.45) is 0 Å². The highest BCUT2D eigenvalue weighted by Crippen LogP contribution is 2.16. The molecule has 14 heavy (non-hydrogen) atoms. The fraction of sp³-hybridized carbons (Fsp3) is 0.455. The lowest BCUT2D eigenvalue weighted by Gasteiger charge is -2.12. The van der Waals surface area contributed by atoms with Crippen LogP contribution in [-0.2, 0) is 4.74 Å². The van der Waals surface area contributed by atoms with Crippen LogP contribution in [-0.4, -0.2) is 24.4 Å². The zero-order valence-electron chi connectivity index (χ0n) is 8.56. The Bertz CT molecular complexity index is 256. The zero-order valence-corrected chi connectivity index (χ0v) is 8.56. The van der Waals surface area contributed by atoms with Gasteiger partial charge in [0.1, 0.15) is 18.1 Å². The topological polar surface area (TPSA) is 38.7 Å². The van der Waals surface area contributed by atoms with Crippen molar-refractivity contribution in [3.05, 3.63) is 24.3 Å². The molecule has 0 radical (unpaired) electrons. The second-order valence-corrected chi connectivity index (χ2v) is 3.07. The predicted octanol–water partition coefficient (Wildman–Crippen LogP) is 2.20. The largest absolute Gasteiger partial charge is 0.508 e. The van der Waals surface area contributed by atoms with Crippen molar-refractivity contribution < 1.29 is 14.6 Å². The van der Waals surface area contributed by atoms with Gasteiger partial charge in [-0.1, -0.05) is 0 Å². The summed E-state index contributed by atoms with van der Waals surface area (Å²) in [6.07, 6.45) is 0.0915. The Kier molecular flexibility index (Phi) is 4.26. The van der Waals surface area contributed by atoms with E-state index in [0.717, 1.165) is 5.75 Å². The number of rotatable bonds is 5. The van der Waals surface area contributed by atoms with Crippen molar-refractivity contribution in [3.8, 4) is 11.5 Å². The number of hydrogen-bond acceptors (Lipinski definition) is 3. The maximum Gasteiger partial charge on any atom is 0.119 e. The van der Waals surface area contributed by atoms with E-state index in [2.05, 4.69) is 0 Å². The molecule has 0 saturated heterocycles. The van der Waals surface area contributed by atoms with Crippen molar-refractivity contribution in [2.45, 2.75) is 20.0 Å². The zero-order chi connectivity index (χ0) is 10.4. The first-order chi connectivity index (χ1) is 6.72. The van der Waals surface area contributed by atoms with Gasteiger partial charge in [-0.3, -0.25) is 0 Å². The number of phenolic OH excluding ortho intramolecular Hbond substituents is 1. The summed E-state index contributed by atoms with van der Waals surface area (Å²) < 4.78 is 10.8. The monoisotopic (exact) mass is 196 g/mol. The molecule has 1 unspecified atom stereocenters. The highest BCUT2D eigenvalue weighted by molar-refractivity contribution is 5.30. The first kappa shape index (κ1) is 10.9. The summed E-state index contributed by atoms with van der Waals surface area (Å²) in [5, 5.41) is 9.04. The molecule has 1 aromatic rings. The molecule has 0 aliphatic heterocycles. The lowest BCUT2D eigenvalue weighted by Crippen LogP contribution is -2.17. The summed E-state index contributed by atoms with van der Waals surface area (Å²) in [7, 11) is 0. The maximum atomic E-state index is 9.04. The minimum absolute atomic E-state index is 0.0915. The van der Waals surface area contributed by atoms with Crippen molar-refractivity contribution >= 4 is 0 Å². The van der Waals surface area contributed by atoms with Crippen molar-refractivity contribution in [1.29, 1.82) is 0 Å². The van der Waals surface area contributed by atoms with Gasteiger partial charge in [0.05, 0.1) is 6.10 Å².